The lowest BCUT2D eigenvalue weighted by molar-refractivity contribution is 0.274. The summed E-state index contributed by atoms with van der Waals surface area (Å²) in [6.07, 6.45) is 1.10. The molecule has 3 aromatic rings. The van der Waals surface area contributed by atoms with Gasteiger partial charge in [-0.2, -0.15) is 0 Å². The Bertz CT molecular complexity index is 988. The van der Waals surface area contributed by atoms with Crippen LogP contribution < -0.4 is 10.1 Å². The molecule has 2 aromatic carbocycles. The van der Waals surface area contributed by atoms with Gasteiger partial charge in [-0.3, -0.25) is 0 Å². The van der Waals surface area contributed by atoms with Crippen LogP contribution in [0.2, 0.25) is 0 Å². The van der Waals surface area contributed by atoms with Gasteiger partial charge >= 0.3 is 0 Å². The minimum Gasteiger partial charge on any atom is -0.496 e. The van der Waals surface area contributed by atoms with Crippen molar-refractivity contribution in [3.05, 3.63) is 51.8 Å². The number of rotatable bonds is 4. The zero-order chi connectivity index (χ0) is 19.0. The second kappa shape index (κ2) is 7.04. The van der Waals surface area contributed by atoms with Gasteiger partial charge in [0.05, 0.1) is 23.7 Å². The summed E-state index contributed by atoms with van der Waals surface area (Å²) in [6, 6.07) is 2.93. The molecule has 0 amide bonds. The number of anilines is 2. The second-order valence-electron chi connectivity index (χ2n) is 5.13. The quantitative estimate of drug-likeness (QED) is 0.368. The smallest absolute Gasteiger partial charge is 0.186 e. The van der Waals surface area contributed by atoms with Crippen molar-refractivity contribution in [2.45, 2.75) is 6.61 Å². The number of aromatic nitrogens is 2. The summed E-state index contributed by atoms with van der Waals surface area (Å²) < 4.78 is 59.8. The fourth-order valence-corrected chi connectivity index (χ4v) is 2.72. The van der Waals surface area contributed by atoms with Crippen molar-refractivity contribution in [1.29, 1.82) is 0 Å². The molecule has 0 aliphatic rings. The molecule has 136 valence electrons. The van der Waals surface area contributed by atoms with Crippen LogP contribution in [0.25, 0.3) is 10.9 Å². The van der Waals surface area contributed by atoms with Gasteiger partial charge in [0.1, 0.15) is 23.6 Å². The Labute approximate surface area is 152 Å². The Balaban J connectivity index is 2.19. The van der Waals surface area contributed by atoms with Crippen LogP contribution in [0.4, 0.5) is 29.1 Å². The van der Waals surface area contributed by atoms with Crippen LogP contribution in [0.1, 0.15) is 5.56 Å². The Morgan fingerprint density at radius 2 is 1.73 bits per heavy atom. The van der Waals surface area contributed by atoms with E-state index in [1.807, 2.05) is 0 Å². The number of halogens is 5. The van der Waals surface area contributed by atoms with E-state index in [4.69, 9.17) is 4.74 Å². The number of aliphatic hydroxyl groups excluding tert-OH is 1. The monoisotopic (exact) mass is 431 g/mol. The number of fused-ring (bicyclic) bond motifs is 1. The molecular formula is C16H10BrF4N3O2. The zero-order valence-electron chi connectivity index (χ0n) is 13.1. The molecule has 1 heterocycles. The molecule has 10 heteroatoms. The number of hydrogen-bond acceptors (Lipinski definition) is 5. The largest absolute Gasteiger partial charge is 0.496 e. The first-order chi connectivity index (χ1) is 12.4. The van der Waals surface area contributed by atoms with E-state index in [0.717, 1.165) is 6.33 Å². The van der Waals surface area contributed by atoms with Crippen molar-refractivity contribution in [3.63, 3.8) is 0 Å². The molecule has 0 radical (unpaired) electrons. The maximum Gasteiger partial charge on any atom is 0.186 e. The summed E-state index contributed by atoms with van der Waals surface area (Å²) in [4.78, 5) is 7.87. The number of aliphatic hydroxyl groups is 1. The summed E-state index contributed by atoms with van der Waals surface area (Å²) in [7, 11) is 1.37. The van der Waals surface area contributed by atoms with Gasteiger partial charge < -0.3 is 15.2 Å². The molecule has 0 spiro atoms. The van der Waals surface area contributed by atoms with Crippen LogP contribution in [0.5, 0.6) is 5.75 Å². The van der Waals surface area contributed by atoms with Gasteiger partial charge in [0.2, 0.25) is 0 Å². The van der Waals surface area contributed by atoms with Crippen molar-refractivity contribution in [2.75, 3.05) is 12.4 Å². The maximum absolute atomic E-state index is 14.1. The molecule has 5 nitrogen and oxygen atoms in total. The van der Waals surface area contributed by atoms with E-state index >= 15 is 0 Å². The molecule has 2 N–H and O–H groups in total. The number of nitrogens with zero attached hydrogens (tertiary/aromatic N) is 2. The van der Waals surface area contributed by atoms with Crippen molar-refractivity contribution in [3.8, 4) is 5.75 Å². The van der Waals surface area contributed by atoms with E-state index < -0.39 is 33.4 Å². The van der Waals surface area contributed by atoms with Crippen LogP contribution >= 0.6 is 15.9 Å². The summed E-state index contributed by atoms with van der Waals surface area (Å²) in [6.45, 7) is -0.321. The third kappa shape index (κ3) is 2.95. The molecule has 0 aliphatic carbocycles. The first kappa shape index (κ1) is 18.3. The fraction of sp³-hybridized carbons (Fsp3) is 0.125. The van der Waals surface area contributed by atoms with E-state index in [1.54, 1.807) is 0 Å². The highest BCUT2D eigenvalue weighted by Gasteiger charge is 2.25. The minimum atomic E-state index is -1.61. The summed E-state index contributed by atoms with van der Waals surface area (Å²) in [5.74, 6) is -6.19. The number of methoxy groups -OCH3 is 1. The van der Waals surface area contributed by atoms with Crippen molar-refractivity contribution in [1.82, 2.24) is 9.97 Å². The molecule has 0 fully saturated rings. The van der Waals surface area contributed by atoms with Crippen LogP contribution in [0, 0.1) is 23.3 Å². The molecule has 0 saturated carbocycles. The van der Waals surface area contributed by atoms with Crippen molar-refractivity contribution >= 4 is 38.3 Å². The van der Waals surface area contributed by atoms with Crippen molar-refractivity contribution in [2.24, 2.45) is 0 Å². The van der Waals surface area contributed by atoms with Crippen LogP contribution in [0.15, 0.2) is 22.9 Å². The molecular weight excluding hydrogens is 422 g/mol. The fourth-order valence-electron chi connectivity index (χ4n) is 2.37. The molecule has 26 heavy (non-hydrogen) atoms. The number of benzene rings is 2. The number of nitrogens with one attached hydrogen (secondary N) is 1. The normalized spacial score (nSPS) is 11.0. The second-order valence-corrected chi connectivity index (χ2v) is 5.92. The Kier molecular flexibility index (Phi) is 4.97. The van der Waals surface area contributed by atoms with E-state index in [-0.39, 0.29) is 23.6 Å². The van der Waals surface area contributed by atoms with Gasteiger partial charge in [-0.15, -0.1) is 0 Å². The highest BCUT2D eigenvalue weighted by molar-refractivity contribution is 9.10. The maximum atomic E-state index is 14.1. The highest BCUT2D eigenvalue weighted by atomic mass is 79.9. The third-order valence-corrected chi connectivity index (χ3v) is 4.36. The third-order valence-electron chi connectivity index (χ3n) is 3.66. The standard InChI is InChI=1S/C16H10BrF4N3O2/c1-26-9-3-7-8(2-6(9)4-25)22-5-23-16(7)24-15-13(20)11(18)10(17)12(19)14(15)21/h2-3,5,25H,4H2,1H3,(H,22,23,24). The lowest BCUT2D eigenvalue weighted by Gasteiger charge is -2.14. The first-order valence-electron chi connectivity index (χ1n) is 7.10. The van der Waals surface area contributed by atoms with E-state index in [1.165, 1.54) is 19.2 Å². The number of hydrogen-bond donors (Lipinski definition) is 2. The van der Waals surface area contributed by atoms with Crippen molar-refractivity contribution < 1.29 is 27.4 Å². The minimum absolute atomic E-state index is 0.100. The molecule has 0 bridgehead atoms. The molecule has 1 aromatic heterocycles. The summed E-state index contributed by atoms with van der Waals surface area (Å²) in [5, 5.41) is 11.9. The predicted molar refractivity (Wildman–Crippen MR) is 89.3 cm³/mol. The average Bonchev–Trinajstić information content (AvgIpc) is 2.67. The summed E-state index contributed by atoms with van der Waals surface area (Å²) >= 11 is 2.45. The predicted octanol–water partition coefficient (Wildman–Crippen LogP) is 4.19. The lowest BCUT2D eigenvalue weighted by Crippen LogP contribution is -2.06. The Morgan fingerprint density at radius 1 is 1.08 bits per heavy atom. The molecule has 0 atom stereocenters. The van der Waals surface area contributed by atoms with Crippen LogP contribution in [0.3, 0.4) is 0 Å². The Morgan fingerprint density at radius 3 is 2.31 bits per heavy atom. The van der Waals surface area contributed by atoms with Crippen LogP contribution in [-0.4, -0.2) is 22.2 Å². The molecule has 3 rings (SSSR count). The average molecular weight is 432 g/mol. The lowest BCUT2D eigenvalue weighted by atomic mass is 10.1. The zero-order valence-corrected chi connectivity index (χ0v) is 14.7. The van der Waals surface area contributed by atoms with Gasteiger partial charge in [0.25, 0.3) is 0 Å². The van der Waals surface area contributed by atoms with E-state index in [9.17, 15) is 22.7 Å². The highest BCUT2D eigenvalue weighted by Crippen LogP contribution is 2.35. The molecule has 0 saturated heterocycles. The molecule has 0 aliphatic heterocycles. The SMILES string of the molecule is COc1cc2c(Nc3c(F)c(F)c(Br)c(F)c3F)ncnc2cc1CO. The molecule has 0 unspecified atom stereocenters. The van der Waals surface area contributed by atoms with E-state index in [0.29, 0.717) is 11.1 Å². The summed E-state index contributed by atoms with van der Waals surface area (Å²) in [5.41, 5.74) is -0.276. The van der Waals surface area contributed by atoms with Gasteiger partial charge in [-0.05, 0) is 28.1 Å². The van der Waals surface area contributed by atoms with Gasteiger partial charge in [0.15, 0.2) is 23.3 Å². The topological polar surface area (TPSA) is 67.3 Å². The van der Waals surface area contributed by atoms with Gasteiger partial charge in [0, 0.05) is 10.9 Å². The first-order valence-corrected chi connectivity index (χ1v) is 7.89. The van der Waals surface area contributed by atoms with Crippen LogP contribution in [-0.2, 0) is 6.61 Å². The Hall–Kier alpha value is -2.46. The van der Waals surface area contributed by atoms with E-state index in [2.05, 4.69) is 31.2 Å². The van der Waals surface area contributed by atoms with Gasteiger partial charge in [-0.25, -0.2) is 27.5 Å². The van der Waals surface area contributed by atoms with Gasteiger partial charge in [-0.1, -0.05) is 0 Å². The number of ether oxygens (including phenoxy) is 1.